The van der Waals surface area contributed by atoms with Crippen LogP contribution in [0.5, 0.6) is 5.75 Å². The van der Waals surface area contributed by atoms with E-state index in [9.17, 15) is 14.0 Å². The second kappa shape index (κ2) is 11.3. The van der Waals surface area contributed by atoms with Crippen LogP contribution in [0.1, 0.15) is 30.3 Å². The highest BCUT2D eigenvalue weighted by Gasteiger charge is 2.33. The van der Waals surface area contributed by atoms with Crippen molar-refractivity contribution in [3.8, 4) is 5.75 Å². The number of carbonyl (C=O) groups excluding carboxylic acids is 2. The van der Waals surface area contributed by atoms with Gasteiger partial charge in [-0.1, -0.05) is 12.1 Å². The fourth-order valence-corrected chi connectivity index (χ4v) is 4.58. The number of hydrogen-bond acceptors (Lipinski definition) is 5. The number of methoxy groups -OCH3 is 1. The lowest BCUT2D eigenvalue weighted by Gasteiger charge is -2.37. The maximum atomic E-state index is 14.1. The third kappa shape index (κ3) is 5.98. The van der Waals surface area contributed by atoms with E-state index in [0.29, 0.717) is 19.7 Å². The van der Waals surface area contributed by atoms with E-state index in [4.69, 9.17) is 9.47 Å². The first-order valence-corrected chi connectivity index (χ1v) is 11.6. The molecule has 0 saturated heterocycles. The number of nitrogens with one attached hydrogen (secondary N) is 1. The van der Waals surface area contributed by atoms with Gasteiger partial charge in [-0.3, -0.25) is 4.79 Å². The lowest BCUT2D eigenvalue weighted by Crippen LogP contribution is -2.51. The zero-order chi connectivity index (χ0) is 23.1. The molecule has 0 bridgehead atoms. The van der Waals surface area contributed by atoms with Gasteiger partial charge in [-0.2, -0.15) is 0 Å². The van der Waals surface area contributed by atoms with Crippen LogP contribution in [0.4, 0.5) is 9.18 Å². The number of rotatable bonds is 9. The molecule has 3 rings (SSSR count). The van der Waals surface area contributed by atoms with Crippen LogP contribution in [0.3, 0.4) is 0 Å². The number of urea groups is 1. The van der Waals surface area contributed by atoms with Crippen molar-refractivity contribution in [3.63, 3.8) is 0 Å². The molecule has 1 N–H and O–H groups in total. The predicted molar refractivity (Wildman–Crippen MR) is 121 cm³/mol. The van der Waals surface area contributed by atoms with Crippen molar-refractivity contribution in [2.45, 2.75) is 32.4 Å². The first kappa shape index (κ1) is 24.0. The molecule has 0 unspecified atom stereocenters. The summed E-state index contributed by atoms with van der Waals surface area (Å²) in [5.74, 6) is -0.470. The molecule has 2 heterocycles. The van der Waals surface area contributed by atoms with Crippen molar-refractivity contribution in [3.05, 3.63) is 52.0 Å². The Morgan fingerprint density at radius 2 is 2.09 bits per heavy atom. The Labute approximate surface area is 192 Å². The van der Waals surface area contributed by atoms with E-state index in [1.807, 2.05) is 25.3 Å². The van der Waals surface area contributed by atoms with E-state index >= 15 is 0 Å². The van der Waals surface area contributed by atoms with E-state index < -0.39 is 5.82 Å². The van der Waals surface area contributed by atoms with Gasteiger partial charge in [0.1, 0.15) is 13.2 Å². The van der Waals surface area contributed by atoms with E-state index in [1.165, 1.54) is 15.8 Å². The highest BCUT2D eigenvalue weighted by Crippen LogP contribution is 2.34. The molecule has 1 atom stereocenters. The van der Waals surface area contributed by atoms with Crippen LogP contribution in [-0.4, -0.2) is 67.7 Å². The zero-order valence-corrected chi connectivity index (χ0v) is 19.5. The summed E-state index contributed by atoms with van der Waals surface area (Å²) in [7, 11) is 1.55. The summed E-state index contributed by atoms with van der Waals surface area (Å²) in [5, 5.41) is 4.83. The average Bonchev–Trinajstić information content (AvgIpc) is 3.24. The molecule has 0 aliphatic carbocycles. The fourth-order valence-electron chi connectivity index (χ4n) is 3.65. The van der Waals surface area contributed by atoms with E-state index in [0.717, 1.165) is 12.0 Å². The third-order valence-corrected chi connectivity index (χ3v) is 6.24. The molecule has 1 aromatic carbocycles. The van der Waals surface area contributed by atoms with Crippen LogP contribution in [-0.2, 0) is 16.0 Å². The minimum Gasteiger partial charge on any atom is -0.488 e. The van der Waals surface area contributed by atoms with Gasteiger partial charge in [-0.05, 0) is 49.4 Å². The summed E-state index contributed by atoms with van der Waals surface area (Å²) in [4.78, 5) is 30.3. The van der Waals surface area contributed by atoms with Crippen molar-refractivity contribution < 1.29 is 23.5 Å². The first-order chi connectivity index (χ1) is 15.4. The molecule has 174 valence electrons. The van der Waals surface area contributed by atoms with Gasteiger partial charge in [-0.15, -0.1) is 11.3 Å². The number of benzene rings is 1. The summed E-state index contributed by atoms with van der Waals surface area (Å²) in [6.45, 7) is 4.94. The minimum atomic E-state index is -0.442. The van der Waals surface area contributed by atoms with Crippen molar-refractivity contribution in [2.24, 2.45) is 0 Å². The predicted octanol–water partition coefficient (Wildman–Crippen LogP) is 3.46. The van der Waals surface area contributed by atoms with Gasteiger partial charge >= 0.3 is 6.03 Å². The van der Waals surface area contributed by atoms with Gasteiger partial charge < -0.3 is 24.6 Å². The molecule has 1 aromatic heterocycles. The number of ether oxygens (including phenoxy) is 2. The van der Waals surface area contributed by atoms with Crippen LogP contribution in [0.2, 0.25) is 0 Å². The molecule has 1 aliphatic heterocycles. The van der Waals surface area contributed by atoms with Gasteiger partial charge in [0.05, 0.1) is 12.6 Å². The van der Waals surface area contributed by atoms with Gasteiger partial charge in [0, 0.05) is 31.1 Å². The van der Waals surface area contributed by atoms with Crippen LogP contribution in [0.15, 0.2) is 35.7 Å². The number of nitrogens with zero attached hydrogens (tertiary/aromatic N) is 2. The number of para-hydroxylation sites is 1. The van der Waals surface area contributed by atoms with Crippen LogP contribution in [0, 0.1) is 5.82 Å². The Morgan fingerprint density at radius 1 is 1.31 bits per heavy atom. The summed E-state index contributed by atoms with van der Waals surface area (Å²) < 4.78 is 24.9. The van der Waals surface area contributed by atoms with Gasteiger partial charge in [-0.25, -0.2) is 9.18 Å². The Bertz CT molecular complexity index is 920. The highest BCUT2D eigenvalue weighted by molar-refractivity contribution is 7.10. The van der Waals surface area contributed by atoms with Crippen LogP contribution in [0.25, 0.3) is 0 Å². The van der Waals surface area contributed by atoms with Crippen molar-refractivity contribution in [1.82, 2.24) is 15.1 Å². The maximum Gasteiger partial charge on any atom is 0.318 e. The van der Waals surface area contributed by atoms with E-state index in [-0.39, 0.29) is 42.9 Å². The Balaban J connectivity index is 1.76. The lowest BCUT2D eigenvalue weighted by atomic mass is 10.0. The summed E-state index contributed by atoms with van der Waals surface area (Å²) in [5.41, 5.74) is 1.01. The molecule has 7 nitrogen and oxygen atoms in total. The topological polar surface area (TPSA) is 71.1 Å². The number of carbonyl (C=O) groups is 2. The van der Waals surface area contributed by atoms with Crippen molar-refractivity contribution in [1.29, 1.82) is 0 Å². The summed E-state index contributed by atoms with van der Waals surface area (Å²) in [6, 6.07) is 7.51. The molecule has 0 saturated carbocycles. The van der Waals surface area contributed by atoms with E-state index in [2.05, 4.69) is 5.32 Å². The molecule has 0 fully saturated rings. The zero-order valence-electron chi connectivity index (χ0n) is 18.7. The normalized spacial score (nSPS) is 15.4. The number of fused-ring (bicyclic) bond motifs is 1. The molecule has 1 aliphatic rings. The monoisotopic (exact) mass is 463 g/mol. The molecule has 2 aromatic rings. The maximum absolute atomic E-state index is 14.1. The third-order valence-electron chi connectivity index (χ3n) is 5.24. The second-order valence-corrected chi connectivity index (χ2v) is 8.91. The molecule has 32 heavy (non-hydrogen) atoms. The van der Waals surface area contributed by atoms with Crippen LogP contribution >= 0.6 is 11.3 Å². The number of halogens is 1. The first-order valence-electron chi connectivity index (χ1n) is 10.7. The number of hydrogen-bond donors (Lipinski definition) is 1. The van der Waals surface area contributed by atoms with Gasteiger partial charge in [0.15, 0.2) is 11.6 Å². The molecule has 0 radical (unpaired) electrons. The Morgan fingerprint density at radius 3 is 2.81 bits per heavy atom. The molecule has 9 heteroatoms. The summed E-state index contributed by atoms with van der Waals surface area (Å²) >= 11 is 1.65. The molecular formula is C23H30FN3O4S. The average molecular weight is 464 g/mol. The minimum absolute atomic E-state index is 0.0482. The number of amides is 3. The smallest absolute Gasteiger partial charge is 0.318 e. The van der Waals surface area contributed by atoms with Gasteiger partial charge in [0.2, 0.25) is 5.91 Å². The van der Waals surface area contributed by atoms with E-state index in [1.54, 1.807) is 41.5 Å². The lowest BCUT2D eigenvalue weighted by molar-refractivity contribution is -0.135. The largest absolute Gasteiger partial charge is 0.488 e. The molecular weight excluding hydrogens is 433 g/mol. The standard InChI is InChI=1S/C23H30FN3O4S/c1-16(2)25-23(29)26(11-12-30-3)14-22(28)27-10-8-21-17(9-13-32-21)19(27)15-31-20-7-5-4-6-18(20)24/h4-7,9,13,16,19H,8,10-12,14-15H2,1-3H3,(H,25,29)/t19-/m0/s1. The quantitative estimate of drug-likeness (QED) is 0.618. The second-order valence-electron chi connectivity index (χ2n) is 7.91. The fraction of sp³-hybridized carbons (Fsp3) is 0.478. The highest BCUT2D eigenvalue weighted by atomic mass is 32.1. The van der Waals surface area contributed by atoms with Gasteiger partial charge in [0.25, 0.3) is 0 Å². The summed E-state index contributed by atoms with van der Waals surface area (Å²) in [6.07, 6.45) is 0.741. The molecule has 3 amide bonds. The van der Waals surface area contributed by atoms with Crippen molar-refractivity contribution >= 4 is 23.3 Å². The Kier molecular flexibility index (Phi) is 8.46. The number of thiophene rings is 1. The Hall–Kier alpha value is -2.65. The van der Waals surface area contributed by atoms with Crippen molar-refractivity contribution in [2.75, 3.05) is 40.0 Å². The van der Waals surface area contributed by atoms with Crippen LogP contribution < -0.4 is 10.1 Å². The SMILES string of the molecule is COCCN(CC(=O)N1CCc2sccc2[C@@H]1COc1ccccc1F)C(=O)NC(C)C. The molecule has 0 spiro atoms.